The van der Waals surface area contributed by atoms with Gasteiger partial charge in [-0.1, -0.05) is 29.8 Å². The molecule has 0 amide bonds. The SMILES string of the molecule is Clc1cccc(CNc2cccc(-n3cccc3)c2)c1. The number of hydrogen-bond donors (Lipinski definition) is 1. The van der Waals surface area contributed by atoms with E-state index in [1.54, 1.807) is 0 Å². The number of aromatic nitrogens is 1. The fraction of sp³-hybridized carbons (Fsp3) is 0.0588. The van der Waals surface area contributed by atoms with E-state index in [1.807, 2.05) is 42.7 Å². The Morgan fingerprint density at radius 1 is 0.900 bits per heavy atom. The molecule has 2 nitrogen and oxygen atoms in total. The summed E-state index contributed by atoms with van der Waals surface area (Å²) in [5, 5.41) is 4.19. The van der Waals surface area contributed by atoms with Crippen LogP contribution in [0.25, 0.3) is 5.69 Å². The molecular weight excluding hydrogens is 268 g/mol. The van der Waals surface area contributed by atoms with Crippen LogP contribution in [0.1, 0.15) is 5.56 Å². The largest absolute Gasteiger partial charge is 0.381 e. The molecule has 1 aromatic heterocycles. The van der Waals surface area contributed by atoms with Crippen LogP contribution in [-0.2, 0) is 6.54 Å². The highest BCUT2D eigenvalue weighted by atomic mass is 35.5. The molecule has 1 N–H and O–H groups in total. The van der Waals surface area contributed by atoms with Gasteiger partial charge in [-0.05, 0) is 48.0 Å². The van der Waals surface area contributed by atoms with Crippen molar-refractivity contribution >= 4 is 17.3 Å². The van der Waals surface area contributed by atoms with Crippen LogP contribution in [0.4, 0.5) is 5.69 Å². The van der Waals surface area contributed by atoms with E-state index < -0.39 is 0 Å². The predicted octanol–water partition coefficient (Wildman–Crippen LogP) is 4.74. The van der Waals surface area contributed by atoms with Gasteiger partial charge in [-0.2, -0.15) is 0 Å². The Labute approximate surface area is 123 Å². The third-order valence-corrected chi connectivity index (χ3v) is 3.37. The van der Waals surface area contributed by atoms with Crippen LogP contribution in [0.3, 0.4) is 0 Å². The summed E-state index contributed by atoms with van der Waals surface area (Å²) in [6.07, 6.45) is 4.08. The predicted molar refractivity (Wildman–Crippen MR) is 84.5 cm³/mol. The lowest BCUT2D eigenvalue weighted by Crippen LogP contribution is -2.00. The van der Waals surface area contributed by atoms with Gasteiger partial charge in [0.1, 0.15) is 0 Å². The van der Waals surface area contributed by atoms with E-state index in [4.69, 9.17) is 11.6 Å². The van der Waals surface area contributed by atoms with Gasteiger partial charge in [0.15, 0.2) is 0 Å². The highest BCUT2D eigenvalue weighted by Crippen LogP contribution is 2.17. The minimum Gasteiger partial charge on any atom is -0.381 e. The zero-order valence-corrected chi connectivity index (χ0v) is 11.7. The molecule has 0 saturated heterocycles. The molecule has 0 aliphatic carbocycles. The molecule has 3 heteroatoms. The lowest BCUT2D eigenvalue weighted by Gasteiger charge is -2.09. The van der Waals surface area contributed by atoms with E-state index in [-0.39, 0.29) is 0 Å². The van der Waals surface area contributed by atoms with Crippen LogP contribution in [0, 0.1) is 0 Å². The van der Waals surface area contributed by atoms with Crippen LogP contribution in [0.5, 0.6) is 0 Å². The van der Waals surface area contributed by atoms with Crippen LogP contribution in [0.15, 0.2) is 73.1 Å². The smallest absolute Gasteiger partial charge is 0.0469 e. The van der Waals surface area contributed by atoms with Crippen molar-refractivity contribution in [1.82, 2.24) is 4.57 Å². The van der Waals surface area contributed by atoms with Gasteiger partial charge in [-0.15, -0.1) is 0 Å². The molecule has 20 heavy (non-hydrogen) atoms. The highest BCUT2D eigenvalue weighted by molar-refractivity contribution is 6.30. The second kappa shape index (κ2) is 5.85. The first kappa shape index (κ1) is 12.8. The number of nitrogens with zero attached hydrogens (tertiary/aromatic N) is 1. The normalized spacial score (nSPS) is 10.4. The van der Waals surface area contributed by atoms with E-state index in [2.05, 4.69) is 40.2 Å². The summed E-state index contributed by atoms with van der Waals surface area (Å²) < 4.78 is 2.09. The molecule has 0 bridgehead atoms. The molecule has 0 spiro atoms. The summed E-state index contributed by atoms with van der Waals surface area (Å²) in [6.45, 7) is 0.760. The van der Waals surface area contributed by atoms with Crippen molar-refractivity contribution in [2.45, 2.75) is 6.54 Å². The quantitative estimate of drug-likeness (QED) is 0.731. The van der Waals surface area contributed by atoms with Crippen molar-refractivity contribution in [1.29, 1.82) is 0 Å². The second-order valence-electron chi connectivity index (χ2n) is 4.62. The number of hydrogen-bond acceptors (Lipinski definition) is 1. The van der Waals surface area contributed by atoms with Crippen molar-refractivity contribution in [3.63, 3.8) is 0 Å². The number of rotatable bonds is 4. The zero-order valence-electron chi connectivity index (χ0n) is 11.0. The maximum Gasteiger partial charge on any atom is 0.0469 e. The Hall–Kier alpha value is -2.19. The fourth-order valence-corrected chi connectivity index (χ4v) is 2.35. The molecule has 0 radical (unpaired) electrons. The Balaban J connectivity index is 1.73. The molecule has 0 atom stereocenters. The molecule has 3 rings (SSSR count). The lowest BCUT2D eigenvalue weighted by atomic mass is 10.2. The van der Waals surface area contributed by atoms with Crippen LogP contribution >= 0.6 is 11.6 Å². The van der Waals surface area contributed by atoms with E-state index in [0.29, 0.717) is 0 Å². The average Bonchev–Trinajstić information content (AvgIpc) is 3.00. The maximum atomic E-state index is 5.99. The number of nitrogens with one attached hydrogen (secondary N) is 1. The highest BCUT2D eigenvalue weighted by Gasteiger charge is 1.98. The van der Waals surface area contributed by atoms with Gasteiger partial charge >= 0.3 is 0 Å². The molecule has 0 unspecified atom stereocenters. The number of anilines is 1. The molecule has 0 aliphatic rings. The van der Waals surface area contributed by atoms with Gasteiger partial charge in [0.2, 0.25) is 0 Å². The van der Waals surface area contributed by atoms with Crippen molar-refractivity contribution < 1.29 is 0 Å². The lowest BCUT2D eigenvalue weighted by molar-refractivity contribution is 1.07. The van der Waals surface area contributed by atoms with Gasteiger partial charge in [-0.3, -0.25) is 0 Å². The van der Waals surface area contributed by atoms with E-state index in [9.17, 15) is 0 Å². The van der Waals surface area contributed by atoms with Gasteiger partial charge in [-0.25, -0.2) is 0 Å². The number of benzene rings is 2. The van der Waals surface area contributed by atoms with Crippen molar-refractivity contribution in [2.75, 3.05) is 5.32 Å². The summed E-state index contributed by atoms with van der Waals surface area (Å²) in [5.74, 6) is 0. The molecule has 0 saturated carbocycles. The zero-order chi connectivity index (χ0) is 13.8. The molecule has 0 fully saturated rings. The minimum atomic E-state index is 0.760. The van der Waals surface area contributed by atoms with E-state index >= 15 is 0 Å². The van der Waals surface area contributed by atoms with Gasteiger partial charge in [0.05, 0.1) is 0 Å². The van der Waals surface area contributed by atoms with Crippen molar-refractivity contribution in [3.8, 4) is 5.69 Å². The van der Waals surface area contributed by atoms with Crippen LogP contribution < -0.4 is 5.32 Å². The van der Waals surface area contributed by atoms with Crippen molar-refractivity contribution in [3.05, 3.63) is 83.6 Å². The Morgan fingerprint density at radius 3 is 2.50 bits per heavy atom. The third kappa shape index (κ3) is 3.03. The average molecular weight is 283 g/mol. The first-order chi connectivity index (χ1) is 9.81. The minimum absolute atomic E-state index is 0.760. The first-order valence-corrected chi connectivity index (χ1v) is 6.91. The molecule has 100 valence electrons. The number of halogens is 1. The summed E-state index contributed by atoms with van der Waals surface area (Å²) in [4.78, 5) is 0. The summed E-state index contributed by atoms with van der Waals surface area (Å²) in [6, 6.07) is 20.3. The van der Waals surface area contributed by atoms with Crippen LogP contribution in [-0.4, -0.2) is 4.57 Å². The standard InChI is InChI=1S/C17H15ClN2/c18-15-6-3-5-14(11-15)13-19-16-7-4-8-17(12-16)20-9-1-2-10-20/h1-12,19H,13H2. The topological polar surface area (TPSA) is 17.0 Å². The fourth-order valence-electron chi connectivity index (χ4n) is 2.13. The van der Waals surface area contributed by atoms with Gasteiger partial charge in [0.25, 0.3) is 0 Å². The Bertz CT molecular complexity index is 690. The summed E-state index contributed by atoms with van der Waals surface area (Å²) in [5.41, 5.74) is 3.41. The van der Waals surface area contributed by atoms with E-state index in [0.717, 1.165) is 22.9 Å². The van der Waals surface area contributed by atoms with Gasteiger partial charge < -0.3 is 9.88 Å². The maximum absolute atomic E-state index is 5.99. The van der Waals surface area contributed by atoms with E-state index in [1.165, 1.54) is 5.56 Å². The van der Waals surface area contributed by atoms with Gasteiger partial charge in [0, 0.05) is 35.3 Å². The summed E-state index contributed by atoms with van der Waals surface area (Å²) in [7, 11) is 0. The first-order valence-electron chi connectivity index (χ1n) is 6.53. The third-order valence-electron chi connectivity index (χ3n) is 3.13. The Kier molecular flexibility index (Phi) is 3.75. The van der Waals surface area contributed by atoms with Crippen LogP contribution in [0.2, 0.25) is 5.02 Å². The Morgan fingerprint density at radius 2 is 1.70 bits per heavy atom. The molecule has 2 aromatic carbocycles. The summed E-state index contributed by atoms with van der Waals surface area (Å²) >= 11 is 5.99. The monoisotopic (exact) mass is 282 g/mol. The molecular formula is C17H15ClN2. The molecule has 1 heterocycles. The van der Waals surface area contributed by atoms with Crippen molar-refractivity contribution in [2.24, 2.45) is 0 Å². The molecule has 3 aromatic rings. The second-order valence-corrected chi connectivity index (χ2v) is 5.06. The molecule has 0 aliphatic heterocycles.